The molecule has 33 heavy (non-hydrogen) atoms. The van der Waals surface area contributed by atoms with Gasteiger partial charge >= 0.3 is 0 Å². The zero-order valence-electron chi connectivity index (χ0n) is 18.7. The van der Waals surface area contributed by atoms with Crippen LogP contribution in [0.1, 0.15) is 16.9 Å². The number of morpholine rings is 1. The smallest absolute Gasteiger partial charge is 0.225 e. The van der Waals surface area contributed by atoms with Crippen molar-refractivity contribution in [2.24, 2.45) is 0 Å². The van der Waals surface area contributed by atoms with Crippen LogP contribution >= 0.6 is 11.3 Å². The summed E-state index contributed by atoms with van der Waals surface area (Å²) < 4.78 is 30.7. The first-order valence-corrected chi connectivity index (χ1v) is 13.9. The minimum absolute atomic E-state index is 0.0601. The number of anilines is 2. The number of sulfone groups is 1. The molecule has 2 aromatic heterocycles. The molecule has 2 fully saturated rings. The molecule has 2 atom stereocenters. The lowest BCUT2D eigenvalue weighted by Crippen LogP contribution is -2.44. The second kappa shape index (κ2) is 9.54. The number of ether oxygens (including phenoxy) is 1. The topological polar surface area (TPSA) is 96.5 Å². The Balaban J connectivity index is 1.27. The Morgan fingerprint density at radius 1 is 1.24 bits per heavy atom. The van der Waals surface area contributed by atoms with E-state index in [-0.39, 0.29) is 23.7 Å². The number of thiophene rings is 1. The van der Waals surface area contributed by atoms with Gasteiger partial charge in [0.15, 0.2) is 9.84 Å². The summed E-state index contributed by atoms with van der Waals surface area (Å²) in [5.41, 5.74) is 2.18. The van der Waals surface area contributed by atoms with Crippen molar-refractivity contribution < 1.29 is 13.2 Å². The maximum Gasteiger partial charge on any atom is 0.225 e. The molecule has 1 unspecified atom stereocenters. The molecule has 0 saturated carbocycles. The zero-order valence-corrected chi connectivity index (χ0v) is 20.3. The molecule has 0 radical (unpaired) electrons. The number of aryl methyl sites for hydroxylation is 1. The number of nitrogens with one attached hydrogen (secondary N) is 2. The molecule has 0 bridgehead atoms. The summed E-state index contributed by atoms with van der Waals surface area (Å²) in [6, 6.07) is 12.4. The van der Waals surface area contributed by atoms with E-state index in [0.29, 0.717) is 25.5 Å². The zero-order chi connectivity index (χ0) is 22.8. The Hall–Kier alpha value is -2.27. The van der Waals surface area contributed by atoms with E-state index in [1.807, 2.05) is 12.1 Å². The maximum atomic E-state index is 11.8. The molecule has 1 aromatic carbocycles. The summed E-state index contributed by atoms with van der Waals surface area (Å²) in [7, 11) is -2.97. The highest BCUT2D eigenvalue weighted by Crippen LogP contribution is 2.31. The first-order chi connectivity index (χ1) is 15.9. The second-order valence-corrected chi connectivity index (χ2v) is 12.3. The Morgan fingerprint density at radius 2 is 2.09 bits per heavy atom. The van der Waals surface area contributed by atoms with Crippen LogP contribution in [-0.4, -0.2) is 73.2 Å². The molecule has 2 N–H and O–H groups in total. The van der Waals surface area contributed by atoms with E-state index in [0.717, 1.165) is 40.5 Å². The number of rotatable bonds is 7. The van der Waals surface area contributed by atoms with E-state index >= 15 is 0 Å². The Bertz CT molecular complexity index is 1220. The number of fused-ring (bicyclic) bond motifs is 1. The molecular formula is C23H29N5O3S2. The van der Waals surface area contributed by atoms with Crippen molar-refractivity contribution in [2.45, 2.75) is 32.0 Å². The van der Waals surface area contributed by atoms with Crippen molar-refractivity contribution in [1.82, 2.24) is 14.9 Å². The first kappa shape index (κ1) is 22.5. The van der Waals surface area contributed by atoms with Crippen LogP contribution in [0.2, 0.25) is 0 Å². The van der Waals surface area contributed by atoms with Crippen LogP contribution < -0.4 is 10.6 Å². The number of nitrogens with zero attached hydrogens (tertiary/aromatic N) is 3. The average Bonchev–Trinajstić information content (AvgIpc) is 3.33. The van der Waals surface area contributed by atoms with Crippen LogP contribution in [0.25, 0.3) is 10.2 Å². The third-order valence-electron chi connectivity index (χ3n) is 6.03. The van der Waals surface area contributed by atoms with Crippen LogP contribution in [0, 0.1) is 6.92 Å². The highest BCUT2D eigenvalue weighted by atomic mass is 32.2. The number of hydrogen-bond acceptors (Lipinski definition) is 9. The van der Waals surface area contributed by atoms with Gasteiger partial charge in [-0.2, -0.15) is 4.98 Å². The van der Waals surface area contributed by atoms with E-state index in [4.69, 9.17) is 9.72 Å². The Morgan fingerprint density at radius 3 is 2.88 bits per heavy atom. The lowest BCUT2D eigenvalue weighted by molar-refractivity contribution is -0.0240. The average molecular weight is 488 g/mol. The predicted molar refractivity (Wildman–Crippen MR) is 133 cm³/mol. The van der Waals surface area contributed by atoms with E-state index in [1.54, 1.807) is 11.3 Å². The molecule has 176 valence electrons. The largest absolute Gasteiger partial charge is 0.374 e. The van der Waals surface area contributed by atoms with Crippen molar-refractivity contribution in [2.75, 3.05) is 48.4 Å². The minimum atomic E-state index is -2.97. The second-order valence-electron chi connectivity index (χ2n) is 8.81. The monoisotopic (exact) mass is 487 g/mol. The van der Waals surface area contributed by atoms with Gasteiger partial charge in [0.25, 0.3) is 0 Å². The molecule has 3 aromatic rings. The Kier molecular flexibility index (Phi) is 6.51. The highest BCUT2D eigenvalue weighted by Gasteiger charge is 2.28. The van der Waals surface area contributed by atoms with Crippen molar-refractivity contribution >= 4 is 43.2 Å². The van der Waals surface area contributed by atoms with Gasteiger partial charge in [-0.05, 0) is 25.0 Å². The predicted octanol–water partition coefficient (Wildman–Crippen LogP) is 2.91. The summed E-state index contributed by atoms with van der Waals surface area (Å²) in [6.45, 7) is 6.10. The minimum Gasteiger partial charge on any atom is -0.374 e. The lowest BCUT2D eigenvalue weighted by atomic mass is 10.2. The summed E-state index contributed by atoms with van der Waals surface area (Å²) in [5, 5.41) is 6.72. The molecule has 2 aliphatic heterocycles. The van der Waals surface area contributed by atoms with Crippen LogP contribution in [0.5, 0.6) is 0 Å². The molecule has 10 heteroatoms. The standard InChI is InChI=1S/C23H29N5O3S2/c1-16-11-20-21(32-16)22(27-23(26-20)25-18-7-10-33(29,30)15-18)24-12-19-14-28(8-9-31-19)13-17-5-3-2-4-6-17/h2-6,11,18-19H,7-10,12-15H2,1H3,(H2,24,25,26,27)/t18?,19-/m0/s1. The molecule has 4 heterocycles. The van der Waals surface area contributed by atoms with Gasteiger partial charge in [0.05, 0.1) is 34.4 Å². The van der Waals surface area contributed by atoms with E-state index in [9.17, 15) is 8.42 Å². The first-order valence-electron chi connectivity index (χ1n) is 11.3. The maximum absolute atomic E-state index is 11.8. The van der Waals surface area contributed by atoms with Crippen molar-refractivity contribution in [3.8, 4) is 0 Å². The van der Waals surface area contributed by atoms with Gasteiger partial charge in [0.1, 0.15) is 5.82 Å². The van der Waals surface area contributed by atoms with Crippen molar-refractivity contribution in [3.05, 3.63) is 46.8 Å². The normalized spacial score (nSPS) is 23.1. The molecule has 0 amide bonds. The van der Waals surface area contributed by atoms with Gasteiger partial charge < -0.3 is 15.4 Å². The summed E-state index contributed by atoms with van der Waals surface area (Å²) in [4.78, 5) is 12.9. The fourth-order valence-corrected chi connectivity index (χ4v) is 7.01. The third kappa shape index (κ3) is 5.63. The van der Waals surface area contributed by atoms with Crippen LogP contribution in [0.15, 0.2) is 36.4 Å². The van der Waals surface area contributed by atoms with Crippen LogP contribution in [0.4, 0.5) is 11.8 Å². The molecule has 0 aliphatic carbocycles. The molecule has 2 aliphatic rings. The van der Waals surface area contributed by atoms with E-state index in [1.165, 1.54) is 5.56 Å². The van der Waals surface area contributed by atoms with Gasteiger partial charge in [-0.15, -0.1) is 11.3 Å². The number of aromatic nitrogens is 2. The Labute approximate surface area is 198 Å². The van der Waals surface area contributed by atoms with E-state index in [2.05, 4.69) is 51.7 Å². The summed E-state index contributed by atoms with van der Waals surface area (Å²) >= 11 is 1.66. The summed E-state index contributed by atoms with van der Waals surface area (Å²) in [5.74, 6) is 1.59. The third-order valence-corrected chi connectivity index (χ3v) is 8.84. The van der Waals surface area contributed by atoms with Crippen LogP contribution in [-0.2, 0) is 21.1 Å². The molecule has 0 spiro atoms. The van der Waals surface area contributed by atoms with E-state index < -0.39 is 9.84 Å². The van der Waals surface area contributed by atoms with Gasteiger partial charge in [0.2, 0.25) is 5.95 Å². The molecule has 8 nitrogen and oxygen atoms in total. The molecular weight excluding hydrogens is 458 g/mol. The number of benzene rings is 1. The van der Waals surface area contributed by atoms with Crippen molar-refractivity contribution in [3.63, 3.8) is 0 Å². The lowest BCUT2D eigenvalue weighted by Gasteiger charge is -2.33. The molecule has 5 rings (SSSR count). The van der Waals surface area contributed by atoms with Crippen molar-refractivity contribution in [1.29, 1.82) is 0 Å². The highest BCUT2D eigenvalue weighted by molar-refractivity contribution is 7.91. The fraction of sp³-hybridized carbons (Fsp3) is 0.478. The fourth-order valence-electron chi connectivity index (χ4n) is 4.42. The SMILES string of the molecule is Cc1cc2nc(NC3CCS(=O)(=O)C3)nc(NC[C@H]3CN(Cc4ccccc4)CCO3)c2s1. The van der Waals surface area contributed by atoms with Gasteiger partial charge in [0, 0.05) is 37.1 Å². The summed E-state index contributed by atoms with van der Waals surface area (Å²) in [6.07, 6.45) is 0.646. The van der Waals surface area contributed by atoms with Crippen LogP contribution in [0.3, 0.4) is 0 Å². The number of hydrogen-bond donors (Lipinski definition) is 2. The quantitative estimate of drug-likeness (QED) is 0.525. The van der Waals surface area contributed by atoms with Gasteiger partial charge in [-0.1, -0.05) is 30.3 Å². The van der Waals surface area contributed by atoms with Gasteiger partial charge in [-0.25, -0.2) is 13.4 Å². The molecule has 2 saturated heterocycles. The van der Waals surface area contributed by atoms with Gasteiger partial charge in [-0.3, -0.25) is 4.90 Å².